The van der Waals surface area contributed by atoms with E-state index in [1.165, 1.54) is 13.8 Å². The summed E-state index contributed by atoms with van der Waals surface area (Å²) in [6, 6.07) is -0.716. The molecule has 1 amide bonds. The van der Waals surface area contributed by atoms with Gasteiger partial charge in [-0.15, -0.1) is 0 Å². The van der Waals surface area contributed by atoms with Crippen molar-refractivity contribution in [3.63, 3.8) is 0 Å². The molecule has 2 atom stereocenters. The Hall–Kier alpha value is -1.75. The van der Waals surface area contributed by atoms with Crippen LogP contribution in [0.3, 0.4) is 0 Å². The lowest BCUT2D eigenvalue weighted by atomic mass is 9.87. The summed E-state index contributed by atoms with van der Waals surface area (Å²) in [4.78, 5) is 31.6. The Morgan fingerprint density at radius 3 is 2.12 bits per heavy atom. The number of unbranched alkanes of at least 4 members (excludes halogenated alkanes) is 1. The van der Waals surface area contributed by atoms with Gasteiger partial charge in [0.2, 0.25) is 5.91 Å². The SMILES string of the molecule is CC(C)(CO)[C@@H](O)C(=O)NCCC(=O)O.NCCCCC(N)C(=O)O. The highest BCUT2D eigenvalue weighted by molar-refractivity contribution is 5.81. The fourth-order valence-corrected chi connectivity index (χ4v) is 1.46. The van der Waals surface area contributed by atoms with Crippen LogP contribution >= 0.6 is 0 Å². The molecule has 0 heterocycles. The fourth-order valence-electron chi connectivity index (χ4n) is 1.46. The van der Waals surface area contributed by atoms with Gasteiger partial charge in [0.05, 0.1) is 13.0 Å². The van der Waals surface area contributed by atoms with Crippen LogP contribution in [0.5, 0.6) is 0 Å². The number of carbonyl (C=O) groups excluding carboxylic acids is 1. The molecule has 0 fully saturated rings. The van der Waals surface area contributed by atoms with Gasteiger partial charge < -0.3 is 37.2 Å². The lowest BCUT2D eigenvalue weighted by molar-refractivity contribution is -0.139. The first-order valence-corrected chi connectivity index (χ1v) is 7.96. The van der Waals surface area contributed by atoms with Crippen molar-refractivity contribution in [2.24, 2.45) is 16.9 Å². The molecular weight excluding hydrogens is 334 g/mol. The molecular formula is C15H31N3O7. The first kappa shape index (κ1) is 25.5. The molecule has 0 aromatic rings. The zero-order chi connectivity index (χ0) is 20.0. The Labute approximate surface area is 147 Å². The Balaban J connectivity index is 0. The largest absolute Gasteiger partial charge is 0.481 e. The molecule has 10 nitrogen and oxygen atoms in total. The average molecular weight is 365 g/mol. The van der Waals surface area contributed by atoms with Crippen molar-refractivity contribution in [1.29, 1.82) is 0 Å². The van der Waals surface area contributed by atoms with E-state index >= 15 is 0 Å². The van der Waals surface area contributed by atoms with Crippen LogP contribution < -0.4 is 16.8 Å². The number of nitrogens with two attached hydrogens (primary N) is 2. The van der Waals surface area contributed by atoms with E-state index in [4.69, 9.17) is 26.8 Å². The number of carboxylic acids is 2. The number of amides is 1. The Morgan fingerprint density at radius 1 is 1.16 bits per heavy atom. The van der Waals surface area contributed by atoms with Crippen LogP contribution in [0.15, 0.2) is 0 Å². The van der Waals surface area contributed by atoms with Crippen molar-refractivity contribution >= 4 is 17.8 Å². The highest BCUT2D eigenvalue weighted by Gasteiger charge is 2.32. The summed E-state index contributed by atoms with van der Waals surface area (Å²) < 4.78 is 0. The molecule has 0 aliphatic heterocycles. The molecule has 0 aromatic carbocycles. The average Bonchev–Trinajstić information content (AvgIpc) is 2.54. The van der Waals surface area contributed by atoms with Gasteiger partial charge in [0.15, 0.2) is 0 Å². The van der Waals surface area contributed by atoms with Gasteiger partial charge in [-0.1, -0.05) is 20.3 Å². The van der Waals surface area contributed by atoms with Gasteiger partial charge in [0.1, 0.15) is 12.1 Å². The van der Waals surface area contributed by atoms with Gasteiger partial charge in [-0.2, -0.15) is 0 Å². The number of rotatable bonds is 11. The third-order valence-corrected chi connectivity index (χ3v) is 3.32. The highest BCUT2D eigenvalue weighted by Crippen LogP contribution is 2.19. The van der Waals surface area contributed by atoms with Crippen LogP contribution in [0.25, 0.3) is 0 Å². The van der Waals surface area contributed by atoms with Crippen molar-refractivity contribution in [1.82, 2.24) is 5.32 Å². The fraction of sp³-hybridized carbons (Fsp3) is 0.800. The quantitative estimate of drug-likeness (QED) is 0.213. The van der Waals surface area contributed by atoms with Crippen molar-refractivity contribution in [3.8, 4) is 0 Å². The summed E-state index contributed by atoms with van der Waals surface area (Å²) in [6.45, 7) is 3.31. The monoisotopic (exact) mass is 365 g/mol. The van der Waals surface area contributed by atoms with E-state index in [0.29, 0.717) is 13.0 Å². The Bertz CT molecular complexity index is 416. The highest BCUT2D eigenvalue weighted by atomic mass is 16.4. The summed E-state index contributed by atoms with van der Waals surface area (Å²) in [7, 11) is 0. The van der Waals surface area contributed by atoms with Crippen LogP contribution in [-0.4, -0.2) is 70.1 Å². The molecule has 0 spiro atoms. The zero-order valence-corrected chi connectivity index (χ0v) is 14.8. The topological polar surface area (TPSA) is 196 Å². The van der Waals surface area contributed by atoms with Crippen LogP contribution in [0.4, 0.5) is 0 Å². The molecule has 0 aromatic heterocycles. The lowest BCUT2D eigenvalue weighted by Gasteiger charge is -2.26. The van der Waals surface area contributed by atoms with Gasteiger partial charge in [-0.25, -0.2) is 0 Å². The number of hydrogen-bond donors (Lipinski definition) is 7. The van der Waals surface area contributed by atoms with Crippen LogP contribution in [0.2, 0.25) is 0 Å². The molecule has 0 aliphatic rings. The minimum Gasteiger partial charge on any atom is -0.481 e. The second-order valence-electron chi connectivity index (χ2n) is 6.21. The summed E-state index contributed by atoms with van der Waals surface area (Å²) >= 11 is 0. The van der Waals surface area contributed by atoms with Crippen molar-refractivity contribution in [2.45, 2.75) is 51.7 Å². The molecule has 0 bridgehead atoms. The number of aliphatic hydroxyl groups excluding tert-OH is 2. The maximum absolute atomic E-state index is 11.3. The number of nitrogens with one attached hydrogen (secondary N) is 1. The van der Waals surface area contributed by atoms with Crippen molar-refractivity contribution in [2.75, 3.05) is 19.7 Å². The number of aliphatic carboxylic acids is 2. The van der Waals surface area contributed by atoms with Gasteiger partial charge in [0, 0.05) is 12.0 Å². The normalized spacial score (nSPS) is 13.2. The van der Waals surface area contributed by atoms with Gasteiger partial charge in [-0.05, 0) is 19.4 Å². The molecule has 1 unspecified atom stereocenters. The third-order valence-electron chi connectivity index (χ3n) is 3.32. The first-order chi connectivity index (χ1) is 11.5. The third kappa shape index (κ3) is 13.2. The van der Waals surface area contributed by atoms with E-state index in [0.717, 1.165) is 12.8 Å². The number of carboxylic acid groups (broad SMARTS) is 2. The summed E-state index contributed by atoms with van der Waals surface area (Å²) in [6.07, 6.45) is 0.617. The Morgan fingerprint density at radius 2 is 1.72 bits per heavy atom. The summed E-state index contributed by atoms with van der Waals surface area (Å²) in [5.74, 6) is -2.63. The number of aliphatic hydroxyl groups is 2. The van der Waals surface area contributed by atoms with Gasteiger partial charge >= 0.3 is 11.9 Å². The molecule has 9 N–H and O–H groups in total. The summed E-state index contributed by atoms with van der Waals surface area (Å²) in [5.41, 5.74) is 9.48. The molecule has 0 saturated heterocycles. The second-order valence-corrected chi connectivity index (χ2v) is 6.21. The predicted octanol–water partition coefficient (Wildman–Crippen LogP) is -1.52. The van der Waals surface area contributed by atoms with Crippen molar-refractivity contribution < 1.29 is 34.8 Å². The van der Waals surface area contributed by atoms with Crippen LogP contribution in [0, 0.1) is 5.41 Å². The first-order valence-electron chi connectivity index (χ1n) is 7.96. The van der Waals surface area contributed by atoms with Crippen LogP contribution in [0.1, 0.15) is 39.5 Å². The van der Waals surface area contributed by atoms with E-state index in [2.05, 4.69) is 5.32 Å². The molecule has 25 heavy (non-hydrogen) atoms. The van der Waals surface area contributed by atoms with Crippen LogP contribution in [-0.2, 0) is 14.4 Å². The maximum Gasteiger partial charge on any atom is 0.320 e. The maximum atomic E-state index is 11.3. The van der Waals surface area contributed by atoms with E-state index < -0.39 is 35.4 Å². The standard InChI is InChI=1S/C9H17NO5.C6H14N2O2/c1-9(2,5-11)7(14)8(15)10-4-3-6(12)13;7-4-2-1-3-5(8)6(9)10/h7,11,14H,3-5H2,1-2H3,(H,10,15)(H,12,13);5H,1-4,7-8H2,(H,9,10)/t7-;/m0./s1. The number of carbonyl (C=O) groups is 3. The molecule has 0 radical (unpaired) electrons. The summed E-state index contributed by atoms with van der Waals surface area (Å²) in [5, 5.41) is 37.3. The second kappa shape index (κ2) is 13.5. The minimum absolute atomic E-state index is 0.0350. The Kier molecular flexibility index (Phi) is 13.8. The van der Waals surface area contributed by atoms with E-state index in [1.54, 1.807) is 0 Å². The van der Waals surface area contributed by atoms with E-state index in [1.807, 2.05) is 0 Å². The molecule has 148 valence electrons. The molecule has 0 aliphatic carbocycles. The molecule has 0 rings (SSSR count). The van der Waals surface area contributed by atoms with Gasteiger partial charge in [0.25, 0.3) is 0 Å². The zero-order valence-electron chi connectivity index (χ0n) is 14.8. The molecule has 10 heteroatoms. The predicted molar refractivity (Wildman–Crippen MR) is 90.7 cm³/mol. The van der Waals surface area contributed by atoms with E-state index in [9.17, 15) is 19.5 Å². The lowest BCUT2D eigenvalue weighted by Crippen LogP contribution is -2.45. The van der Waals surface area contributed by atoms with Crippen molar-refractivity contribution in [3.05, 3.63) is 0 Å². The smallest absolute Gasteiger partial charge is 0.320 e. The number of hydrogen-bond acceptors (Lipinski definition) is 7. The molecule has 0 saturated carbocycles. The van der Waals surface area contributed by atoms with Gasteiger partial charge in [-0.3, -0.25) is 14.4 Å². The minimum atomic E-state index is -1.35. The van der Waals surface area contributed by atoms with E-state index in [-0.39, 0.29) is 19.6 Å².